The molecule has 2 rings (SSSR count). The lowest BCUT2D eigenvalue weighted by Gasteiger charge is -2.16. The van der Waals surface area contributed by atoms with E-state index < -0.39 is 0 Å². The van der Waals surface area contributed by atoms with Gasteiger partial charge in [0.25, 0.3) is 0 Å². The molecular weight excluding hydrogens is 298 g/mol. The molecule has 1 atom stereocenters. The lowest BCUT2D eigenvalue weighted by Crippen LogP contribution is -2.18. The zero-order valence-corrected chi connectivity index (χ0v) is 13.3. The summed E-state index contributed by atoms with van der Waals surface area (Å²) in [6.07, 6.45) is 0. The molecule has 0 amide bonds. The number of hydrogen-bond acceptors (Lipinski definition) is 1. The van der Waals surface area contributed by atoms with Crippen molar-refractivity contribution in [3.05, 3.63) is 69.2 Å². The van der Waals surface area contributed by atoms with Crippen molar-refractivity contribution in [2.75, 3.05) is 0 Å². The molecule has 1 N–H and O–H groups in total. The normalized spacial score (nSPS) is 12.4. The van der Waals surface area contributed by atoms with Crippen LogP contribution in [0.2, 0.25) is 0 Å². The van der Waals surface area contributed by atoms with Crippen LogP contribution < -0.4 is 5.32 Å². The number of nitrogens with one attached hydrogen (secondary N) is 1. The van der Waals surface area contributed by atoms with Crippen LogP contribution in [0.4, 0.5) is 0 Å². The lowest BCUT2D eigenvalue weighted by molar-refractivity contribution is 0.573. The third-order valence-corrected chi connectivity index (χ3v) is 4.00. The molecule has 0 fully saturated rings. The molecule has 0 radical (unpaired) electrons. The molecule has 0 unspecified atom stereocenters. The maximum atomic E-state index is 3.59. The summed E-state index contributed by atoms with van der Waals surface area (Å²) in [5, 5.41) is 3.59. The second-order valence-electron chi connectivity index (χ2n) is 5.08. The minimum Gasteiger partial charge on any atom is -0.306 e. The zero-order valence-electron chi connectivity index (χ0n) is 11.7. The number of hydrogen-bond donors (Lipinski definition) is 1. The Hall–Kier alpha value is -1.12. The van der Waals surface area contributed by atoms with E-state index in [4.69, 9.17) is 0 Å². The fourth-order valence-electron chi connectivity index (χ4n) is 2.12. The minimum absolute atomic E-state index is 0.355. The lowest BCUT2D eigenvalue weighted by atomic mass is 10.0. The molecule has 100 valence electrons. The minimum atomic E-state index is 0.355. The summed E-state index contributed by atoms with van der Waals surface area (Å²) in [5.74, 6) is 0. The second-order valence-corrected chi connectivity index (χ2v) is 6.00. The highest BCUT2D eigenvalue weighted by atomic mass is 79.9. The van der Waals surface area contributed by atoms with Gasteiger partial charge in [-0.1, -0.05) is 51.8 Å². The molecule has 0 bridgehead atoms. The summed E-state index contributed by atoms with van der Waals surface area (Å²) in [4.78, 5) is 0. The number of halogens is 1. The fraction of sp³-hybridized carbons (Fsp3) is 0.294. The van der Waals surface area contributed by atoms with E-state index in [1.165, 1.54) is 22.3 Å². The summed E-state index contributed by atoms with van der Waals surface area (Å²) in [7, 11) is 0. The molecule has 2 aromatic carbocycles. The van der Waals surface area contributed by atoms with Gasteiger partial charge in [-0.15, -0.1) is 0 Å². The Morgan fingerprint density at radius 1 is 1.05 bits per heavy atom. The smallest absolute Gasteiger partial charge is 0.0294 e. The van der Waals surface area contributed by atoms with Gasteiger partial charge in [-0.05, 0) is 49.6 Å². The van der Waals surface area contributed by atoms with Gasteiger partial charge in [0.05, 0.1) is 0 Å². The average molecular weight is 318 g/mol. The summed E-state index contributed by atoms with van der Waals surface area (Å²) >= 11 is 3.47. The highest BCUT2D eigenvalue weighted by Gasteiger charge is 2.06. The average Bonchev–Trinajstić information content (AvgIpc) is 2.40. The molecule has 1 nitrogen and oxygen atoms in total. The highest BCUT2D eigenvalue weighted by Crippen LogP contribution is 2.18. The van der Waals surface area contributed by atoms with E-state index >= 15 is 0 Å². The van der Waals surface area contributed by atoms with Crippen molar-refractivity contribution < 1.29 is 0 Å². The van der Waals surface area contributed by atoms with Gasteiger partial charge < -0.3 is 5.32 Å². The van der Waals surface area contributed by atoms with E-state index in [1.54, 1.807) is 0 Å². The van der Waals surface area contributed by atoms with Crippen molar-refractivity contribution in [3.63, 3.8) is 0 Å². The topological polar surface area (TPSA) is 12.0 Å². The van der Waals surface area contributed by atoms with E-state index in [0.717, 1.165) is 11.0 Å². The van der Waals surface area contributed by atoms with Gasteiger partial charge in [-0.25, -0.2) is 0 Å². The van der Waals surface area contributed by atoms with Gasteiger partial charge >= 0.3 is 0 Å². The quantitative estimate of drug-likeness (QED) is 0.844. The van der Waals surface area contributed by atoms with Crippen LogP contribution in [0.3, 0.4) is 0 Å². The van der Waals surface area contributed by atoms with E-state index in [-0.39, 0.29) is 0 Å². The molecule has 0 spiro atoms. The Morgan fingerprint density at radius 3 is 2.42 bits per heavy atom. The van der Waals surface area contributed by atoms with Crippen LogP contribution in [0, 0.1) is 13.8 Å². The maximum absolute atomic E-state index is 3.59. The van der Waals surface area contributed by atoms with Crippen LogP contribution >= 0.6 is 15.9 Å². The van der Waals surface area contributed by atoms with Gasteiger partial charge in [0.15, 0.2) is 0 Å². The Balaban J connectivity index is 2.02. The number of aryl methyl sites for hydroxylation is 2. The van der Waals surface area contributed by atoms with E-state index in [2.05, 4.69) is 84.5 Å². The summed E-state index contributed by atoms with van der Waals surface area (Å²) < 4.78 is 1.12. The van der Waals surface area contributed by atoms with E-state index in [1.807, 2.05) is 0 Å². The highest BCUT2D eigenvalue weighted by molar-refractivity contribution is 9.10. The van der Waals surface area contributed by atoms with Crippen molar-refractivity contribution in [1.29, 1.82) is 0 Å². The van der Waals surface area contributed by atoms with Gasteiger partial charge in [0.1, 0.15) is 0 Å². The van der Waals surface area contributed by atoms with Crippen LogP contribution in [-0.4, -0.2) is 0 Å². The maximum Gasteiger partial charge on any atom is 0.0294 e. The van der Waals surface area contributed by atoms with Crippen LogP contribution in [-0.2, 0) is 6.54 Å². The summed E-state index contributed by atoms with van der Waals surface area (Å²) in [6.45, 7) is 7.42. The SMILES string of the molecule is Cc1ccc(C)c(CN[C@H](C)c2ccc(Br)cc2)c1. The third kappa shape index (κ3) is 3.92. The first-order chi connectivity index (χ1) is 9.06. The van der Waals surface area contributed by atoms with Crippen molar-refractivity contribution in [1.82, 2.24) is 5.32 Å². The molecule has 0 aromatic heterocycles. The van der Waals surface area contributed by atoms with Crippen molar-refractivity contribution in [2.24, 2.45) is 0 Å². The Kier molecular flexibility index (Phi) is 4.78. The fourth-order valence-corrected chi connectivity index (χ4v) is 2.39. The summed E-state index contributed by atoms with van der Waals surface area (Å²) in [5.41, 5.74) is 5.36. The Labute approximate surface area is 124 Å². The van der Waals surface area contributed by atoms with Gasteiger partial charge in [0, 0.05) is 17.1 Å². The van der Waals surface area contributed by atoms with Gasteiger partial charge in [0.2, 0.25) is 0 Å². The third-order valence-electron chi connectivity index (χ3n) is 3.47. The molecule has 0 aliphatic carbocycles. The zero-order chi connectivity index (χ0) is 13.8. The van der Waals surface area contributed by atoms with Crippen LogP contribution in [0.1, 0.15) is 35.2 Å². The Morgan fingerprint density at radius 2 is 1.74 bits per heavy atom. The van der Waals surface area contributed by atoms with Crippen LogP contribution in [0.25, 0.3) is 0 Å². The first-order valence-electron chi connectivity index (χ1n) is 6.61. The molecule has 0 aliphatic heterocycles. The molecule has 0 saturated carbocycles. The molecule has 2 heteroatoms. The van der Waals surface area contributed by atoms with Crippen molar-refractivity contribution in [3.8, 4) is 0 Å². The number of rotatable bonds is 4. The molecule has 0 aliphatic rings. The van der Waals surface area contributed by atoms with Gasteiger partial charge in [-0.3, -0.25) is 0 Å². The monoisotopic (exact) mass is 317 g/mol. The van der Waals surface area contributed by atoms with Crippen molar-refractivity contribution in [2.45, 2.75) is 33.4 Å². The predicted octanol–water partition coefficient (Wildman–Crippen LogP) is 4.92. The first kappa shape index (κ1) is 14.3. The van der Waals surface area contributed by atoms with Crippen molar-refractivity contribution >= 4 is 15.9 Å². The second kappa shape index (κ2) is 6.36. The van der Waals surface area contributed by atoms with E-state index in [0.29, 0.717) is 6.04 Å². The molecule has 0 saturated heterocycles. The van der Waals surface area contributed by atoms with Gasteiger partial charge in [-0.2, -0.15) is 0 Å². The standard InChI is InChI=1S/C17H20BrN/c1-12-4-5-13(2)16(10-12)11-19-14(3)15-6-8-17(18)9-7-15/h4-10,14,19H,11H2,1-3H3/t14-/m1/s1. The molecule has 19 heavy (non-hydrogen) atoms. The predicted molar refractivity (Wildman–Crippen MR) is 85.3 cm³/mol. The number of benzene rings is 2. The van der Waals surface area contributed by atoms with E-state index in [9.17, 15) is 0 Å². The molecular formula is C17H20BrN. The van der Waals surface area contributed by atoms with Crippen LogP contribution in [0.15, 0.2) is 46.9 Å². The van der Waals surface area contributed by atoms with Crippen LogP contribution in [0.5, 0.6) is 0 Å². The largest absolute Gasteiger partial charge is 0.306 e. The Bertz CT molecular complexity index is 546. The molecule has 2 aromatic rings. The molecule has 0 heterocycles. The summed E-state index contributed by atoms with van der Waals surface area (Å²) in [6, 6.07) is 15.5. The first-order valence-corrected chi connectivity index (χ1v) is 7.40.